The molecular formula is C34H37FN8O2. The van der Waals surface area contributed by atoms with Gasteiger partial charge >= 0.3 is 6.03 Å². The number of hydrogen-bond donors (Lipinski definition) is 3. The number of nitrogens with zero attached hydrogens (tertiary/aromatic N) is 5. The van der Waals surface area contributed by atoms with E-state index in [1.54, 1.807) is 60.1 Å². The first-order chi connectivity index (χ1) is 21.3. The van der Waals surface area contributed by atoms with Crippen molar-refractivity contribution in [2.45, 2.75) is 53.4 Å². The predicted octanol–water partition coefficient (Wildman–Crippen LogP) is 6.54. The van der Waals surface area contributed by atoms with Crippen LogP contribution in [-0.2, 0) is 10.2 Å². The van der Waals surface area contributed by atoms with E-state index in [4.69, 9.17) is 10.1 Å². The zero-order chi connectivity index (χ0) is 32.6. The summed E-state index contributed by atoms with van der Waals surface area (Å²) in [6.07, 6.45) is 4.32. The number of hydrogen-bond acceptors (Lipinski definition) is 6. The fourth-order valence-electron chi connectivity index (χ4n) is 5.38. The van der Waals surface area contributed by atoms with Crippen molar-refractivity contribution in [2.75, 3.05) is 22.6 Å². The number of fused-ring (bicyclic) bond motifs is 1. The van der Waals surface area contributed by atoms with Gasteiger partial charge in [-0.25, -0.2) is 18.9 Å². The van der Waals surface area contributed by atoms with Gasteiger partial charge in [0.1, 0.15) is 17.5 Å². The number of amides is 3. The van der Waals surface area contributed by atoms with Crippen molar-refractivity contribution in [3.63, 3.8) is 0 Å². The Labute approximate surface area is 262 Å². The molecule has 10 nitrogen and oxygen atoms in total. The first-order valence-electron chi connectivity index (χ1n) is 14.8. The van der Waals surface area contributed by atoms with Crippen LogP contribution in [0.2, 0.25) is 0 Å². The van der Waals surface area contributed by atoms with E-state index in [2.05, 4.69) is 22.0 Å². The van der Waals surface area contributed by atoms with Crippen LogP contribution in [0.25, 0.3) is 5.69 Å². The number of benzene rings is 2. The summed E-state index contributed by atoms with van der Waals surface area (Å²) in [5.41, 5.74) is 4.12. The Morgan fingerprint density at radius 2 is 1.84 bits per heavy atom. The summed E-state index contributed by atoms with van der Waals surface area (Å²) in [7, 11) is 1.79. The molecule has 3 amide bonds. The molecule has 1 unspecified atom stereocenters. The molecule has 0 radical (unpaired) electrons. The second kappa shape index (κ2) is 12.0. The van der Waals surface area contributed by atoms with Crippen molar-refractivity contribution in [2.24, 2.45) is 16.8 Å². The molecule has 0 bridgehead atoms. The van der Waals surface area contributed by atoms with Gasteiger partial charge in [0.2, 0.25) is 5.91 Å². The second-order valence-electron chi connectivity index (χ2n) is 12.6. The van der Waals surface area contributed by atoms with Crippen molar-refractivity contribution >= 4 is 34.8 Å². The van der Waals surface area contributed by atoms with Crippen molar-refractivity contribution < 1.29 is 14.0 Å². The Morgan fingerprint density at radius 1 is 1.13 bits per heavy atom. The SMILES string of the molecule is CNC1=CCC2=CN(c3cc(NC(=O)Nc4cc(C(C)(C)C)nn4-c4ccc(C#N)cc4)c(F)cc3C)C(=O)C(C(C)C)C2=N1. The summed E-state index contributed by atoms with van der Waals surface area (Å²) in [6, 6.07) is 12.8. The van der Waals surface area contributed by atoms with Crippen LogP contribution in [-0.4, -0.2) is 34.5 Å². The smallest absolute Gasteiger partial charge is 0.324 e. The molecule has 2 aliphatic rings. The highest BCUT2D eigenvalue weighted by Crippen LogP contribution is 2.36. The van der Waals surface area contributed by atoms with Crippen LogP contribution >= 0.6 is 0 Å². The Morgan fingerprint density at radius 3 is 2.47 bits per heavy atom. The lowest BCUT2D eigenvalue weighted by Crippen LogP contribution is -2.45. The number of rotatable bonds is 6. The van der Waals surface area contributed by atoms with Crippen LogP contribution in [0.15, 0.2) is 71.1 Å². The summed E-state index contributed by atoms with van der Waals surface area (Å²) < 4.78 is 16.9. The number of aromatic nitrogens is 2. The number of allylic oxidation sites excluding steroid dienone is 2. The van der Waals surface area contributed by atoms with E-state index in [-0.39, 0.29) is 22.9 Å². The minimum absolute atomic E-state index is 0.0262. The summed E-state index contributed by atoms with van der Waals surface area (Å²) in [4.78, 5) is 33.4. The number of halogens is 1. The number of nitriles is 1. The van der Waals surface area contributed by atoms with E-state index in [9.17, 15) is 14.9 Å². The van der Waals surface area contributed by atoms with Gasteiger partial charge in [-0.1, -0.05) is 34.6 Å². The van der Waals surface area contributed by atoms with Crippen molar-refractivity contribution in [1.29, 1.82) is 5.26 Å². The molecule has 3 N–H and O–H groups in total. The van der Waals surface area contributed by atoms with Gasteiger partial charge in [0, 0.05) is 24.7 Å². The Bertz CT molecular complexity index is 1800. The average molecular weight is 609 g/mol. The van der Waals surface area contributed by atoms with Gasteiger partial charge in [0.25, 0.3) is 0 Å². The number of urea groups is 1. The third-order valence-electron chi connectivity index (χ3n) is 7.84. The summed E-state index contributed by atoms with van der Waals surface area (Å²) in [5.74, 6) is -0.228. The largest absolute Gasteiger partial charge is 0.373 e. The molecule has 2 aliphatic heterocycles. The highest BCUT2D eigenvalue weighted by molar-refractivity contribution is 6.21. The van der Waals surface area contributed by atoms with Crippen LogP contribution in [0, 0.1) is 35.9 Å². The van der Waals surface area contributed by atoms with E-state index in [1.165, 1.54) is 12.1 Å². The van der Waals surface area contributed by atoms with Gasteiger partial charge in [0.15, 0.2) is 0 Å². The second-order valence-corrected chi connectivity index (χ2v) is 12.6. The predicted molar refractivity (Wildman–Crippen MR) is 174 cm³/mol. The molecule has 0 saturated carbocycles. The summed E-state index contributed by atoms with van der Waals surface area (Å²) in [6.45, 7) is 11.7. The van der Waals surface area contributed by atoms with Crippen molar-refractivity contribution in [3.8, 4) is 11.8 Å². The molecule has 45 heavy (non-hydrogen) atoms. The summed E-state index contributed by atoms with van der Waals surface area (Å²) in [5, 5.41) is 22.3. The van der Waals surface area contributed by atoms with Crippen molar-refractivity contribution in [1.82, 2.24) is 15.1 Å². The van der Waals surface area contributed by atoms with Gasteiger partial charge < -0.3 is 10.6 Å². The fraction of sp³-hybridized carbons (Fsp3) is 0.324. The third kappa shape index (κ3) is 6.22. The molecule has 1 aromatic heterocycles. The maximum Gasteiger partial charge on any atom is 0.324 e. The topological polar surface area (TPSA) is 127 Å². The van der Waals surface area contributed by atoms with Crippen LogP contribution in [0.3, 0.4) is 0 Å². The lowest BCUT2D eigenvalue weighted by atomic mass is 9.81. The quantitative estimate of drug-likeness (QED) is 0.293. The highest BCUT2D eigenvalue weighted by atomic mass is 19.1. The van der Waals surface area contributed by atoms with E-state index < -0.39 is 17.8 Å². The Kier molecular flexibility index (Phi) is 8.34. The number of carbonyl (C=O) groups is 2. The van der Waals surface area contributed by atoms with Crippen LogP contribution in [0.5, 0.6) is 0 Å². The van der Waals surface area contributed by atoms with Gasteiger partial charge in [-0.15, -0.1) is 0 Å². The number of aryl methyl sites for hydroxylation is 1. The van der Waals surface area contributed by atoms with Gasteiger partial charge in [-0.05, 0) is 72.9 Å². The van der Waals surface area contributed by atoms with Gasteiger partial charge in [0.05, 0.1) is 46.0 Å². The first kappa shape index (κ1) is 31.2. The van der Waals surface area contributed by atoms with Crippen molar-refractivity contribution in [3.05, 3.63) is 88.8 Å². The normalized spacial score (nSPS) is 16.4. The fourth-order valence-corrected chi connectivity index (χ4v) is 5.38. The summed E-state index contributed by atoms with van der Waals surface area (Å²) >= 11 is 0. The standard InChI is InChI=1S/C34H37FN8O2/c1-19(2)30-31-22(10-13-28(37-7)39-31)18-42(32(30)44)26-15-25(24(35)14-20(26)3)38-33(45)40-29-16-27(34(4,5)6)41-43(29)23-11-8-21(17-36)9-12-23/h8-9,11-16,18-19,30,37H,10H2,1-7H3,(H2,38,40,45). The molecule has 3 heterocycles. The van der Waals surface area contributed by atoms with Crippen LogP contribution < -0.4 is 20.9 Å². The molecule has 3 aromatic rings. The number of anilines is 3. The zero-order valence-electron chi connectivity index (χ0n) is 26.5. The lowest BCUT2D eigenvalue weighted by molar-refractivity contribution is -0.121. The minimum atomic E-state index is -0.686. The maximum atomic E-state index is 15.3. The number of nitrogens with one attached hydrogen (secondary N) is 3. The molecular weight excluding hydrogens is 571 g/mol. The number of carbonyl (C=O) groups excluding carboxylic acids is 2. The van der Waals surface area contributed by atoms with Crippen LogP contribution in [0.4, 0.5) is 26.4 Å². The van der Waals surface area contributed by atoms with E-state index >= 15 is 4.39 Å². The lowest BCUT2D eigenvalue weighted by Gasteiger charge is -2.36. The average Bonchev–Trinajstić information content (AvgIpc) is 3.42. The number of aliphatic imine (C=N–C) groups is 1. The first-order valence-corrected chi connectivity index (χ1v) is 14.8. The molecule has 11 heteroatoms. The molecule has 0 spiro atoms. The molecule has 232 valence electrons. The Balaban J connectivity index is 1.46. The zero-order valence-corrected chi connectivity index (χ0v) is 26.5. The maximum absolute atomic E-state index is 15.3. The molecule has 0 saturated heterocycles. The van der Waals surface area contributed by atoms with E-state index in [0.29, 0.717) is 34.7 Å². The van der Waals surface area contributed by atoms with E-state index in [0.717, 1.165) is 22.8 Å². The van der Waals surface area contributed by atoms with Crippen LogP contribution in [0.1, 0.15) is 57.9 Å². The molecule has 1 atom stereocenters. The molecule has 5 rings (SSSR count). The van der Waals surface area contributed by atoms with Gasteiger partial charge in [-0.2, -0.15) is 10.4 Å². The minimum Gasteiger partial charge on any atom is -0.373 e. The molecule has 0 fully saturated rings. The third-order valence-corrected chi connectivity index (χ3v) is 7.84. The monoisotopic (exact) mass is 608 g/mol. The molecule has 0 aliphatic carbocycles. The Hall–Kier alpha value is -5.24. The highest BCUT2D eigenvalue weighted by Gasteiger charge is 2.39. The van der Waals surface area contributed by atoms with E-state index in [1.807, 2.05) is 40.7 Å². The van der Waals surface area contributed by atoms with Gasteiger partial charge in [-0.3, -0.25) is 15.0 Å². The molecule has 2 aromatic carbocycles.